The molecule has 0 aliphatic heterocycles. The summed E-state index contributed by atoms with van der Waals surface area (Å²) >= 11 is 3.94. The predicted octanol–water partition coefficient (Wildman–Crippen LogP) is 1.22. The van der Waals surface area contributed by atoms with E-state index in [-0.39, 0.29) is 6.10 Å². The molecule has 0 saturated carbocycles. The number of hydrogen-bond donors (Lipinski definition) is 1. The van der Waals surface area contributed by atoms with E-state index in [1.54, 1.807) is 20.8 Å². The van der Waals surface area contributed by atoms with Crippen LogP contribution in [0.15, 0.2) is 0 Å². The van der Waals surface area contributed by atoms with Crippen LogP contribution in [-0.4, -0.2) is 23.1 Å². The van der Waals surface area contributed by atoms with Gasteiger partial charge in [-0.1, -0.05) is 6.92 Å². The van der Waals surface area contributed by atoms with Crippen molar-refractivity contribution in [2.45, 2.75) is 38.5 Å². The Bertz CT molecular complexity index is 177. The highest BCUT2D eigenvalue weighted by molar-refractivity contribution is 7.82. The first-order valence-corrected chi connectivity index (χ1v) is 4.43. The average Bonchev–Trinajstić information content (AvgIpc) is 2.00. The summed E-state index contributed by atoms with van der Waals surface area (Å²) in [4.78, 5) is 22.0. The van der Waals surface area contributed by atoms with Gasteiger partial charge in [0.15, 0.2) is 0 Å². The highest BCUT2D eigenvalue weighted by atomic mass is 32.1. The minimum atomic E-state index is -0.785. The molecule has 12 heavy (non-hydrogen) atoms. The van der Waals surface area contributed by atoms with Crippen LogP contribution in [0.2, 0.25) is 0 Å². The van der Waals surface area contributed by atoms with Gasteiger partial charge in [0, 0.05) is 0 Å². The second-order valence-corrected chi connectivity index (χ2v) is 3.37. The molecule has 0 fully saturated rings. The molecule has 3 nitrogen and oxygen atoms in total. The molecule has 4 heteroatoms. The van der Waals surface area contributed by atoms with Gasteiger partial charge in [-0.3, -0.25) is 4.79 Å². The summed E-state index contributed by atoms with van der Waals surface area (Å²) < 4.78 is 4.70. The minimum absolute atomic E-state index is 0.251. The molecule has 1 atom stereocenters. The van der Waals surface area contributed by atoms with Gasteiger partial charge in [-0.2, -0.15) is 12.6 Å². The Kier molecular flexibility index (Phi) is 4.97. The van der Waals surface area contributed by atoms with E-state index in [1.807, 2.05) is 0 Å². The zero-order valence-corrected chi connectivity index (χ0v) is 8.43. The quantitative estimate of drug-likeness (QED) is 0.412. The molecule has 0 spiro atoms. The Morgan fingerprint density at radius 3 is 2.25 bits per heavy atom. The topological polar surface area (TPSA) is 43.4 Å². The van der Waals surface area contributed by atoms with Crippen molar-refractivity contribution in [1.82, 2.24) is 0 Å². The molecule has 0 aromatic heterocycles. The molecule has 0 rings (SSSR count). The SMILES string of the molecule is CCC(S)C(=O)C(=O)OC(C)C. The minimum Gasteiger partial charge on any atom is -0.457 e. The molecule has 0 aliphatic rings. The fraction of sp³-hybridized carbons (Fsp3) is 0.750. The molecule has 0 saturated heterocycles. The van der Waals surface area contributed by atoms with Gasteiger partial charge in [-0.15, -0.1) is 0 Å². The first-order valence-electron chi connectivity index (χ1n) is 3.92. The Labute approximate surface area is 77.9 Å². The third kappa shape index (κ3) is 3.76. The summed E-state index contributed by atoms with van der Waals surface area (Å²) in [7, 11) is 0. The van der Waals surface area contributed by atoms with Crippen LogP contribution >= 0.6 is 12.6 Å². The smallest absolute Gasteiger partial charge is 0.376 e. The summed E-state index contributed by atoms with van der Waals surface area (Å²) in [6.45, 7) is 5.19. The maximum absolute atomic E-state index is 11.1. The molecule has 0 heterocycles. The van der Waals surface area contributed by atoms with Gasteiger partial charge in [0.05, 0.1) is 11.4 Å². The third-order valence-corrected chi connectivity index (χ3v) is 1.83. The lowest BCUT2D eigenvalue weighted by atomic mass is 10.2. The molecule has 0 amide bonds. The van der Waals surface area contributed by atoms with E-state index in [2.05, 4.69) is 12.6 Å². The summed E-state index contributed by atoms with van der Waals surface area (Å²) in [5.41, 5.74) is 0. The number of thiol groups is 1. The number of hydrogen-bond acceptors (Lipinski definition) is 4. The average molecular weight is 190 g/mol. The van der Waals surface area contributed by atoms with Crippen molar-refractivity contribution in [2.75, 3.05) is 0 Å². The zero-order valence-electron chi connectivity index (χ0n) is 7.53. The predicted molar refractivity (Wildman–Crippen MR) is 49.3 cm³/mol. The first-order chi connectivity index (χ1) is 5.49. The van der Waals surface area contributed by atoms with Crippen LogP contribution in [0, 0.1) is 0 Å². The largest absolute Gasteiger partial charge is 0.457 e. The second kappa shape index (κ2) is 5.19. The molecular formula is C8H14O3S. The maximum atomic E-state index is 11.1. The number of ketones is 1. The zero-order chi connectivity index (χ0) is 9.72. The number of rotatable bonds is 4. The first kappa shape index (κ1) is 11.5. The molecule has 0 radical (unpaired) electrons. The number of esters is 1. The Balaban J connectivity index is 4.02. The van der Waals surface area contributed by atoms with Crippen LogP contribution in [0.25, 0.3) is 0 Å². The molecule has 0 aromatic carbocycles. The third-order valence-electron chi connectivity index (χ3n) is 1.23. The second-order valence-electron chi connectivity index (χ2n) is 2.74. The lowest BCUT2D eigenvalue weighted by Gasteiger charge is -2.09. The van der Waals surface area contributed by atoms with Gasteiger partial charge < -0.3 is 4.74 Å². The molecule has 0 aromatic rings. The van der Waals surface area contributed by atoms with Crippen LogP contribution in [0.4, 0.5) is 0 Å². The maximum Gasteiger partial charge on any atom is 0.376 e. The number of carbonyl (C=O) groups is 2. The highest BCUT2D eigenvalue weighted by Crippen LogP contribution is 2.04. The fourth-order valence-electron chi connectivity index (χ4n) is 0.594. The van der Waals surface area contributed by atoms with Crippen molar-refractivity contribution in [3.05, 3.63) is 0 Å². The molecule has 0 N–H and O–H groups in total. The number of ether oxygens (including phenoxy) is 1. The van der Waals surface area contributed by atoms with E-state index in [0.29, 0.717) is 6.42 Å². The van der Waals surface area contributed by atoms with Gasteiger partial charge in [-0.05, 0) is 20.3 Å². The number of Topliss-reactive ketones (excluding diaryl/α,β-unsaturated/α-hetero) is 1. The van der Waals surface area contributed by atoms with Crippen LogP contribution in [0.5, 0.6) is 0 Å². The standard InChI is InChI=1S/C8H14O3S/c1-4-6(12)7(9)8(10)11-5(2)3/h5-6,12H,4H2,1-3H3. The molecule has 1 unspecified atom stereocenters. The monoisotopic (exact) mass is 190 g/mol. The van der Waals surface area contributed by atoms with Crippen molar-refractivity contribution >= 4 is 24.4 Å². The van der Waals surface area contributed by atoms with Gasteiger partial charge >= 0.3 is 5.97 Å². The Hall–Kier alpha value is -0.510. The van der Waals surface area contributed by atoms with Crippen molar-refractivity contribution in [3.63, 3.8) is 0 Å². The van der Waals surface area contributed by atoms with Crippen LogP contribution in [0.3, 0.4) is 0 Å². The lowest BCUT2D eigenvalue weighted by molar-refractivity contribution is -0.156. The van der Waals surface area contributed by atoms with Crippen LogP contribution in [0.1, 0.15) is 27.2 Å². The summed E-state index contributed by atoms with van der Waals surface area (Å²) in [6, 6.07) is 0. The van der Waals surface area contributed by atoms with Crippen LogP contribution < -0.4 is 0 Å². The molecule has 0 bridgehead atoms. The van der Waals surface area contributed by atoms with Crippen molar-refractivity contribution in [2.24, 2.45) is 0 Å². The summed E-state index contributed by atoms with van der Waals surface area (Å²) in [5, 5.41) is -0.531. The van der Waals surface area contributed by atoms with Gasteiger partial charge in [-0.25, -0.2) is 4.79 Å². The molecule has 0 aliphatic carbocycles. The Morgan fingerprint density at radius 2 is 1.92 bits per heavy atom. The van der Waals surface area contributed by atoms with Crippen molar-refractivity contribution < 1.29 is 14.3 Å². The van der Waals surface area contributed by atoms with E-state index >= 15 is 0 Å². The van der Waals surface area contributed by atoms with Crippen molar-refractivity contribution in [1.29, 1.82) is 0 Å². The highest BCUT2D eigenvalue weighted by Gasteiger charge is 2.22. The lowest BCUT2D eigenvalue weighted by Crippen LogP contribution is -2.28. The molecule has 70 valence electrons. The van der Waals surface area contributed by atoms with Crippen LogP contribution in [-0.2, 0) is 14.3 Å². The fourth-order valence-corrected chi connectivity index (χ4v) is 0.699. The van der Waals surface area contributed by atoms with E-state index < -0.39 is 17.0 Å². The van der Waals surface area contributed by atoms with E-state index in [0.717, 1.165) is 0 Å². The normalized spacial score (nSPS) is 12.8. The summed E-state index contributed by atoms with van der Waals surface area (Å²) in [5.74, 6) is -1.35. The van der Waals surface area contributed by atoms with Crippen molar-refractivity contribution in [3.8, 4) is 0 Å². The number of carbonyl (C=O) groups excluding carboxylic acids is 2. The van der Waals surface area contributed by atoms with Gasteiger partial charge in [0.25, 0.3) is 5.78 Å². The Morgan fingerprint density at radius 1 is 1.42 bits per heavy atom. The van der Waals surface area contributed by atoms with E-state index in [4.69, 9.17) is 4.74 Å². The van der Waals surface area contributed by atoms with Gasteiger partial charge in [0.1, 0.15) is 0 Å². The molecular weight excluding hydrogens is 176 g/mol. The van der Waals surface area contributed by atoms with E-state index in [1.165, 1.54) is 0 Å². The summed E-state index contributed by atoms with van der Waals surface area (Å²) in [6.07, 6.45) is 0.286. The van der Waals surface area contributed by atoms with E-state index in [9.17, 15) is 9.59 Å². The van der Waals surface area contributed by atoms with Gasteiger partial charge in [0.2, 0.25) is 0 Å².